The summed E-state index contributed by atoms with van der Waals surface area (Å²) in [6.07, 6.45) is 10.1. The van der Waals surface area contributed by atoms with Crippen molar-refractivity contribution in [3.63, 3.8) is 0 Å². The molecule has 0 saturated heterocycles. The van der Waals surface area contributed by atoms with E-state index in [0.717, 1.165) is 34.5 Å². The van der Waals surface area contributed by atoms with E-state index < -0.39 is 6.16 Å². The third-order valence-corrected chi connectivity index (χ3v) is 6.71. The van der Waals surface area contributed by atoms with E-state index >= 15 is 0 Å². The Morgan fingerprint density at radius 2 is 1.94 bits per heavy atom. The number of carboxylic acid groups (broad SMARTS) is 2. The minimum absolute atomic E-state index is 0.104. The maximum Gasteiger partial charge on any atom is 0.503 e. The highest BCUT2D eigenvalue weighted by atomic mass is 16.7. The molecule has 2 aliphatic carbocycles. The number of nitrogens with two attached hydrogens (primary N) is 1. The maximum absolute atomic E-state index is 11.4. The Hall–Kier alpha value is -3.37. The van der Waals surface area contributed by atoms with Crippen molar-refractivity contribution < 1.29 is 24.6 Å². The number of pyridine rings is 1. The molecular formula is C22H30N6O5. The van der Waals surface area contributed by atoms with E-state index in [4.69, 9.17) is 30.6 Å². The van der Waals surface area contributed by atoms with Gasteiger partial charge in [-0.2, -0.15) is 5.10 Å². The number of amides is 1. The molecule has 3 heterocycles. The van der Waals surface area contributed by atoms with Crippen molar-refractivity contribution in [2.45, 2.75) is 76.5 Å². The van der Waals surface area contributed by atoms with E-state index in [2.05, 4.69) is 22.5 Å². The highest BCUT2D eigenvalue weighted by Crippen LogP contribution is 2.47. The SMILES string of the molecule is CCn1ncc2c(NC3CCCCC3)c(C3=NOC4(C3)CC(C(N)=O)C4)cnc21.O=C(O)O. The van der Waals surface area contributed by atoms with Gasteiger partial charge in [0.05, 0.1) is 23.0 Å². The zero-order chi connectivity index (χ0) is 23.6. The molecule has 2 fully saturated rings. The lowest BCUT2D eigenvalue weighted by atomic mass is 9.68. The van der Waals surface area contributed by atoms with E-state index in [1.807, 2.05) is 17.1 Å². The third kappa shape index (κ3) is 4.71. The second-order valence-corrected chi connectivity index (χ2v) is 9.00. The number of nitrogens with one attached hydrogen (secondary N) is 1. The Morgan fingerprint density at radius 1 is 1.24 bits per heavy atom. The number of hydrogen-bond acceptors (Lipinski definition) is 7. The molecule has 11 heteroatoms. The monoisotopic (exact) mass is 458 g/mol. The molecule has 178 valence electrons. The molecule has 0 radical (unpaired) electrons. The molecule has 5 rings (SSSR count). The van der Waals surface area contributed by atoms with E-state index in [-0.39, 0.29) is 17.4 Å². The molecule has 33 heavy (non-hydrogen) atoms. The molecule has 0 bridgehead atoms. The van der Waals surface area contributed by atoms with Crippen molar-refractivity contribution in [2.75, 3.05) is 5.32 Å². The fourth-order valence-corrected chi connectivity index (χ4v) is 5.01. The van der Waals surface area contributed by atoms with E-state index in [9.17, 15) is 4.79 Å². The molecule has 2 aromatic rings. The van der Waals surface area contributed by atoms with E-state index in [1.54, 1.807) is 0 Å². The number of aryl methyl sites for hydroxylation is 1. The predicted molar refractivity (Wildman–Crippen MR) is 121 cm³/mol. The summed E-state index contributed by atoms with van der Waals surface area (Å²) in [4.78, 5) is 30.5. The average molecular weight is 459 g/mol. The van der Waals surface area contributed by atoms with Gasteiger partial charge in [0.15, 0.2) is 5.65 Å². The molecule has 0 unspecified atom stereocenters. The van der Waals surface area contributed by atoms with Crippen LogP contribution in [0.4, 0.5) is 10.5 Å². The highest BCUT2D eigenvalue weighted by molar-refractivity contribution is 6.11. The summed E-state index contributed by atoms with van der Waals surface area (Å²) in [7, 11) is 0. The normalized spacial score (nSPS) is 24.4. The van der Waals surface area contributed by atoms with Gasteiger partial charge in [0.1, 0.15) is 5.60 Å². The number of hydrogen-bond donors (Lipinski definition) is 4. The zero-order valence-electron chi connectivity index (χ0n) is 18.7. The molecule has 1 amide bonds. The topological polar surface area (TPSA) is 165 Å². The second kappa shape index (κ2) is 9.24. The van der Waals surface area contributed by atoms with Gasteiger partial charge in [0.2, 0.25) is 5.91 Å². The minimum atomic E-state index is -1.83. The van der Waals surface area contributed by atoms with Crippen LogP contribution in [0.1, 0.15) is 63.9 Å². The van der Waals surface area contributed by atoms with Crippen molar-refractivity contribution in [1.29, 1.82) is 0 Å². The van der Waals surface area contributed by atoms with Crippen LogP contribution >= 0.6 is 0 Å². The first-order valence-corrected chi connectivity index (χ1v) is 11.4. The predicted octanol–water partition coefficient (Wildman–Crippen LogP) is 3.18. The fraction of sp³-hybridized carbons (Fsp3) is 0.591. The third-order valence-electron chi connectivity index (χ3n) is 6.71. The van der Waals surface area contributed by atoms with Gasteiger partial charge in [0, 0.05) is 49.5 Å². The molecule has 11 nitrogen and oxygen atoms in total. The largest absolute Gasteiger partial charge is 0.503 e. The van der Waals surface area contributed by atoms with Crippen LogP contribution in [0.5, 0.6) is 0 Å². The number of carbonyl (C=O) groups is 2. The Balaban J connectivity index is 0.000000601. The van der Waals surface area contributed by atoms with Crippen LogP contribution in [0.15, 0.2) is 17.5 Å². The Labute approximate surface area is 191 Å². The summed E-state index contributed by atoms with van der Waals surface area (Å²) in [6.45, 7) is 2.85. The standard InChI is InChI=1S/C21H28N6O2.CH2O3/c1-2-27-20-16(12-24-27)18(25-14-6-4-3-5-7-14)15(11-23-20)17-10-21(29-26-17)8-13(9-21)19(22)28;2-1(3)4/h11-14H,2-10H2,1H3,(H2,22,28)(H,23,25);(H2,2,3,4). The lowest BCUT2D eigenvalue weighted by Gasteiger charge is -2.40. The number of primary amides is 1. The van der Waals surface area contributed by atoms with E-state index in [1.165, 1.54) is 32.1 Å². The molecule has 5 N–H and O–H groups in total. The first-order chi connectivity index (χ1) is 15.8. The molecule has 1 aliphatic heterocycles. The molecule has 3 aliphatic rings. The summed E-state index contributed by atoms with van der Waals surface area (Å²) in [6, 6.07) is 0.456. The maximum atomic E-state index is 11.4. The van der Waals surface area contributed by atoms with Crippen LogP contribution in [-0.2, 0) is 16.2 Å². The summed E-state index contributed by atoms with van der Waals surface area (Å²) >= 11 is 0. The Bertz CT molecular complexity index is 1060. The molecule has 2 saturated carbocycles. The number of carbonyl (C=O) groups excluding carboxylic acids is 1. The van der Waals surface area contributed by atoms with Crippen LogP contribution in [-0.4, -0.2) is 54.4 Å². The highest BCUT2D eigenvalue weighted by Gasteiger charge is 2.53. The lowest BCUT2D eigenvalue weighted by molar-refractivity contribution is -0.144. The molecule has 1 spiro atoms. The number of anilines is 1. The summed E-state index contributed by atoms with van der Waals surface area (Å²) in [5.74, 6) is -0.352. The van der Waals surface area contributed by atoms with Crippen LogP contribution in [0.3, 0.4) is 0 Å². The van der Waals surface area contributed by atoms with Gasteiger partial charge in [-0.3, -0.25) is 4.79 Å². The van der Waals surface area contributed by atoms with Crippen molar-refractivity contribution in [2.24, 2.45) is 16.8 Å². The number of rotatable bonds is 5. The van der Waals surface area contributed by atoms with Crippen molar-refractivity contribution in [3.05, 3.63) is 18.0 Å². The van der Waals surface area contributed by atoms with Gasteiger partial charge in [-0.1, -0.05) is 24.4 Å². The van der Waals surface area contributed by atoms with Gasteiger partial charge >= 0.3 is 6.16 Å². The van der Waals surface area contributed by atoms with Crippen LogP contribution in [0, 0.1) is 5.92 Å². The Morgan fingerprint density at radius 3 is 2.58 bits per heavy atom. The number of oxime groups is 1. The van der Waals surface area contributed by atoms with Gasteiger partial charge in [-0.15, -0.1) is 0 Å². The van der Waals surface area contributed by atoms with Crippen molar-refractivity contribution in [1.82, 2.24) is 14.8 Å². The molecular weight excluding hydrogens is 428 g/mol. The number of aromatic nitrogens is 3. The number of fused-ring (bicyclic) bond motifs is 1. The second-order valence-electron chi connectivity index (χ2n) is 9.00. The fourth-order valence-electron chi connectivity index (χ4n) is 5.01. The van der Waals surface area contributed by atoms with Crippen molar-refractivity contribution >= 4 is 34.5 Å². The molecule has 2 aromatic heterocycles. The van der Waals surface area contributed by atoms with Gasteiger partial charge in [0.25, 0.3) is 0 Å². The van der Waals surface area contributed by atoms with Gasteiger partial charge in [-0.05, 0) is 19.8 Å². The number of nitrogens with zero attached hydrogens (tertiary/aromatic N) is 4. The van der Waals surface area contributed by atoms with Crippen LogP contribution < -0.4 is 11.1 Å². The minimum Gasteiger partial charge on any atom is -0.450 e. The molecule has 0 atom stereocenters. The van der Waals surface area contributed by atoms with Crippen LogP contribution in [0.2, 0.25) is 0 Å². The summed E-state index contributed by atoms with van der Waals surface area (Å²) in [5.41, 5.74) is 8.89. The summed E-state index contributed by atoms with van der Waals surface area (Å²) in [5, 5.41) is 27.7. The smallest absolute Gasteiger partial charge is 0.450 e. The average Bonchev–Trinajstić information content (AvgIpc) is 3.38. The lowest BCUT2D eigenvalue weighted by Crippen LogP contribution is -2.49. The van der Waals surface area contributed by atoms with Gasteiger partial charge in [-0.25, -0.2) is 14.5 Å². The van der Waals surface area contributed by atoms with E-state index in [0.29, 0.717) is 25.3 Å². The van der Waals surface area contributed by atoms with Crippen molar-refractivity contribution in [3.8, 4) is 0 Å². The van der Waals surface area contributed by atoms with Gasteiger partial charge < -0.3 is 26.1 Å². The van der Waals surface area contributed by atoms with Crippen LogP contribution in [0.25, 0.3) is 11.0 Å². The quantitative estimate of drug-likeness (QED) is 0.530. The first kappa shape index (κ1) is 22.8. The zero-order valence-corrected chi connectivity index (χ0v) is 18.7. The summed E-state index contributed by atoms with van der Waals surface area (Å²) < 4.78 is 1.92. The first-order valence-electron chi connectivity index (χ1n) is 11.4. The molecule has 0 aromatic carbocycles. The Kier molecular flexibility index (Phi) is 6.39.